The van der Waals surface area contributed by atoms with E-state index in [9.17, 15) is 4.79 Å². The Balaban J connectivity index is 1.50. The molecule has 1 fully saturated rings. The van der Waals surface area contributed by atoms with Crippen molar-refractivity contribution < 1.29 is 19.0 Å². The van der Waals surface area contributed by atoms with Gasteiger partial charge in [-0.15, -0.1) is 0 Å². The van der Waals surface area contributed by atoms with Crippen LogP contribution < -0.4 is 9.47 Å². The molecule has 0 saturated carbocycles. The number of hydrogen-bond donors (Lipinski definition) is 0. The highest BCUT2D eigenvalue weighted by Gasteiger charge is 2.21. The molecule has 0 unspecified atom stereocenters. The quantitative estimate of drug-likeness (QED) is 0.421. The lowest BCUT2D eigenvalue weighted by atomic mass is 10.1. The first-order valence-corrected chi connectivity index (χ1v) is 11.4. The molecule has 2 heterocycles. The van der Waals surface area contributed by atoms with E-state index in [0.29, 0.717) is 33.9 Å². The number of morpholine rings is 1. The third kappa shape index (κ3) is 5.31. The Bertz CT molecular complexity index is 960. The van der Waals surface area contributed by atoms with Gasteiger partial charge in [-0.05, 0) is 35.9 Å². The molecule has 30 heavy (non-hydrogen) atoms. The number of hydrogen-bond acceptors (Lipinski definition) is 6. The summed E-state index contributed by atoms with van der Waals surface area (Å²) in [7, 11) is 0. The maximum atomic E-state index is 13.0. The minimum absolute atomic E-state index is 0.155. The molecule has 1 saturated heterocycles. The molecule has 0 aromatic heterocycles. The van der Waals surface area contributed by atoms with Crippen LogP contribution in [0.15, 0.2) is 41.3 Å². The van der Waals surface area contributed by atoms with Crippen LogP contribution in [0.25, 0.3) is 6.08 Å². The van der Waals surface area contributed by atoms with Crippen molar-refractivity contribution >= 4 is 46.8 Å². The van der Waals surface area contributed by atoms with E-state index < -0.39 is 0 Å². The van der Waals surface area contributed by atoms with Crippen LogP contribution in [0.5, 0.6) is 11.5 Å². The Morgan fingerprint density at radius 2 is 2.03 bits per heavy atom. The number of halogens is 2. The summed E-state index contributed by atoms with van der Waals surface area (Å²) in [5, 5.41) is 1.04. The molecule has 158 valence electrons. The number of ketones is 1. The Kier molecular flexibility index (Phi) is 7.23. The first kappa shape index (κ1) is 21.5. The highest BCUT2D eigenvalue weighted by Crippen LogP contribution is 2.41. The molecule has 2 aromatic carbocycles. The molecule has 2 aliphatic rings. The lowest BCUT2D eigenvalue weighted by Gasteiger charge is -2.26. The molecular weight excluding hydrogens is 445 g/mol. The maximum Gasteiger partial charge on any atom is 0.189 e. The average Bonchev–Trinajstić information content (AvgIpc) is 3.20. The van der Waals surface area contributed by atoms with E-state index in [1.54, 1.807) is 36.0 Å². The predicted octanol–water partition coefficient (Wildman–Crippen LogP) is 5.04. The second-order valence-corrected chi connectivity index (χ2v) is 8.68. The van der Waals surface area contributed by atoms with Crippen molar-refractivity contribution in [2.24, 2.45) is 0 Å². The standard InChI is InChI=1S/C22H21Cl2NO4S/c23-16-3-1-15(18(24)11-16)2-4-19(26)17-12-22-21(29-14-30-22)13-20(17)28-10-7-25-5-8-27-9-6-25/h1-4,11-13H,5-10,14H2/b4-2+. The van der Waals surface area contributed by atoms with Gasteiger partial charge in [-0.3, -0.25) is 9.69 Å². The van der Waals surface area contributed by atoms with Gasteiger partial charge in [0.05, 0.1) is 23.7 Å². The first-order valence-electron chi connectivity index (χ1n) is 9.64. The van der Waals surface area contributed by atoms with Crippen LogP contribution in [0.1, 0.15) is 15.9 Å². The summed E-state index contributed by atoms with van der Waals surface area (Å²) in [6.45, 7) is 4.53. The van der Waals surface area contributed by atoms with Crippen LogP contribution in [-0.4, -0.2) is 56.1 Å². The van der Waals surface area contributed by atoms with E-state index in [4.69, 9.17) is 37.4 Å². The zero-order valence-corrected chi connectivity index (χ0v) is 18.6. The van der Waals surface area contributed by atoms with E-state index in [2.05, 4.69) is 4.90 Å². The van der Waals surface area contributed by atoms with Gasteiger partial charge in [0.1, 0.15) is 24.0 Å². The van der Waals surface area contributed by atoms with E-state index >= 15 is 0 Å². The third-order valence-corrected chi connectivity index (χ3v) is 6.31. The van der Waals surface area contributed by atoms with Gasteiger partial charge in [-0.2, -0.15) is 0 Å². The molecule has 0 radical (unpaired) electrons. The zero-order valence-electron chi connectivity index (χ0n) is 16.2. The molecule has 0 spiro atoms. The molecular formula is C22H21Cl2NO4S. The smallest absolute Gasteiger partial charge is 0.189 e. The SMILES string of the molecule is O=C(/C=C/c1ccc(Cl)cc1Cl)c1cc2c(cc1OCCN1CCOCC1)OCS2. The Morgan fingerprint density at radius 3 is 2.83 bits per heavy atom. The fraction of sp³-hybridized carbons (Fsp3) is 0.318. The van der Waals surface area contributed by atoms with E-state index in [1.165, 1.54) is 6.08 Å². The molecule has 0 atom stereocenters. The van der Waals surface area contributed by atoms with E-state index in [0.717, 1.165) is 49.1 Å². The van der Waals surface area contributed by atoms with Crippen molar-refractivity contribution in [3.8, 4) is 11.5 Å². The minimum Gasteiger partial charge on any atom is -0.491 e. The number of fused-ring (bicyclic) bond motifs is 1. The predicted molar refractivity (Wildman–Crippen MR) is 120 cm³/mol. The number of ether oxygens (including phenoxy) is 3. The summed E-state index contributed by atoms with van der Waals surface area (Å²) >= 11 is 13.7. The van der Waals surface area contributed by atoms with Crippen LogP contribution in [0.2, 0.25) is 10.0 Å². The largest absolute Gasteiger partial charge is 0.491 e. The number of allylic oxidation sites excluding steroid dienone is 1. The highest BCUT2D eigenvalue weighted by molar-refractivity contribution is 7.99. The molecule has 0 N–H and O–H groups in total. The number of carbonyl (C=O) groups is 1. The minimum atomic E-state index is -0.155. The van der Waals surface area contributed by atoms with Crippen LogP contribution in [0.4, 0.5) is 0 Å². The zero-order chi connectivity index (χ0) is 20.9. The summed E-state index contributed by atoms with van der Waals surface area (Å²) < 4.78 is 17.0. The summed E-state index contributed by atoms with van der Waals surface area (Å²) in [6.07, 6.45) is 3.20. The van der Waals surface area contributed by atoms with Gasteiger partial charge in [-0.25, -0.2) is 0 Å². The first-order chi connectivity index (χ1) is 14.6. The number of thioether (sulfide) groups is 1. The molecule has 2 aromatic rings. The number of carbonyl (C=O) groups excluding carboxylic acids is 1. The normalized spacial score (nSPS) is 16.5. The lowest BCUT2D eigenvalue weighted by Crippen LogP contribution is -2.38. The molecule has 0 aliphatic carbocycles. The van der Waals surface area contributed by atoms with Crippen molar-refractivity contribution in [1.82, 2.24) is 4.90 Å². The van der Waals surface area contributed by atoms with Crippen LogP contribution in [0, 0.1) is 0 Å². The second-order valence-electron chi connectivity index (χ2n) is 6.87. The summed E-state index contributed by atoms with van der Waals surface area (Å²) in [5.41, 5.74) is 1.23. The van der Waals surface area contributed by atoms with Crippen LogP contribution in [-0.2, 0) is 4.74 Å². The fourth-order valence-electron chi connectivity index (χ4n) is 3.24. The molecule has 0 bridgehead atoms. The van der Waals surface area contributed by atoms with Gasteiger partial charge in [-0.1, -0.05) is 41.0 Å². The van der Waals surface area contributed by atoms with Crippen LogP contribution in [0.3, 0.4) is 0 Å². The average molecular weight is 466 g/mol. The maximum absolute atomic E-state index is 13.0. The van der Waals surface area contributed by atoms with Crippen molar-refractivity contribution in [2.75, 3.05) is 45.4 Å². The number of rotatable bonds is 7. The van der Waals surface area contributed by atoms with Gasteiger partial charge in [0, 0.05) is 35.7 Å². The number of nitrogens with zero attached hydrogens (tertiary/aromatic N) is 1. The van der Waals surface area contributed by atoms with Gasteiger partial charge in [0.2, 0.25) is 0 Å². The topological polar surface area (TPSA) is 48.0 Å². The Hall–Kier alpha value is -1.70. The molecule has 4 rings (SSSR count). The second kappa shape index (κ2) is 10.1. The van der Waals surface area contributed by atoms with Gasteiger partial charge in [0.15, 0.2) is 5.78 Å². The molecule has 5 nitrogen and oxygen atoms in total. The van der Waals surface area contributed by atoms with Crippen molar-refractivity contribution in [3.63, 3.8) is 0 Å². The summed E-state index contributed by atoms with van der Waals surface area (Å²) in [6, 6.07) is 8.82. The summed E-state index contributed by atoms with van der Waals surface area (Å²) in [5.74, 6) is 1.66. The third-order valence-electron chi connectivity index (χ3n) is 4.89. The van der Waals surface area contributed by atoms with Gasteiger partial charge >= 0.3 is 0 Å². The number of benzene rings is 2. The highest BCUT2D eigenvalue weighted by atomic mass is 35.5. The van der Waals surface area contributed by atoms with E-state index in [-0.39, 0.29) is 5.78 Å². The molecule has 0 amide bonds. The Morgan fingerprint density at radius 1 is 1.20 bits per heavy atom. The van der Waals surface area contributed by atoms with Crippen molar-refractivity contribution in [2.45, 2.75) is 4.90 Å². The lowest BCUT2D eigenvalue weighted by molar-refractivity contribution is 0.0322. The fourth-order valence-corrected chi connectivity index (χ4v) is 4.48. The molecule has 8 heteroatoms. The summed E-state index contributed by atoms with van der Waals surface area (Å²) in [4.78, 5) is 16.2. The van der Waals surface area contributed by atoms with Crippen LogP contribution >= 0.6 is 35.0 Å². The van der Waals surface area contributed by atoms with Crippen molar-refractivity contribution in [3.05, 3.63) is 57.6 Å². The monoisotopic (exact) mass is 465 g/mol. The van der Waals surface area contributed by atoms with Crippen molar-refractivity contribution in [1.29, 1.82) is 0 Å². The Labute approximate surface area is 189 Å². The van der Waals surface area contributed by atoms with Gasteiger partial charge in [0.25, 0.3) is 0 Å². The van der Waals surface area contributed by atoms with E-state index in [1.807, 2.05) is 12.1 Å². The van der Waals surface area contributed by atoms with Gasteiger partial charge < -0.3 is 14.2 Å². The molecule has 2 aliphatic heterocycles.